The molecule has 0 spiro atoms. The molecule has 0 aliphatic rings. The van der Waals surface area contributed by atoms with Gasteiger partial charge in [-0.05, 0) is 13.3 Å². The maximum absolute atomic E-state index is 11.5. The van der Waals surface area contributed by atoms with E-state index in [0.717, 1.165) is 0 Å². The molecule has 0 aromatic rings. The molecule has 0 rings (SSSR count). The summed E-state index contributed by atoms with van der Waals surface area (Å²) in [6, 6.07) is 0. The molecule has 0 heterocycles. The maximum Gasteiger partial charge on any atom is 0.249 e. The second-order valence-corrected chi connectivity index (χ2v) is 2.85. The van der Waals surface area contributed by atoms with Crippen LogP contribution in [0.3, 0.4) is 0 Å². The first kappa shape index (κ1) is 12.5. The van der Waals surface area contributed by atoms with Gasteiger partial charge in [-0.15, -0.1) is 13.2 Å². The zero-order valence-electron chi connectivity index (χ0n) is 8.68. The minimum atomic E-state index is -0.119. The van der Waals surface area contributed by atoms with Gasteiger partial charge in [0.25, 0.3) is 0 Å². The van der Waals surface area contributed by atoms with Gasteiger partial charge in [0.15, 0.2) is 0 Å². The Labute approximate surface area is 85.4 Å². The highest BCUT2D eigenvalue weighted by Crippen LogP contribution is 2.09. The van der Waals surface area contributed by atoms with Gasteiger partial charge in [-0.25, -0.2) is 0 Å². The Morgan fingerprint density at radius 2 is 1.93 bits per heavy atom. The summed E-state index contributed by atoms with van der Waals surface area (Å²) in [7, 11) is 0. The Kier molecular flexibility index (Phi) is 6.20. The number of nitrogens with one attached hydrogen (secondary N) is 1. The molecule has 0 aliphatic heterocycles. The Morgan fingerprint density at radius 3 is 2.36 bits per heavy atom. The number of nitrogens with two attached hydrogens (primary N) is 1. The molecule has 0 aromatic heterocycles. The molecule has 14 heavy (non-hydrogen) atoms. The fourth-order valence-electron chi connectivity index (χ4n) is 1.06. The van der Waals surface area contributed by atoms with Crippen LogP contribution in [0.2, 0.25) is 0 Å². The first-order valence-electron chi connectivity index (χ1n) is 4.64. The van der Waals surface area contributed by atoms with Gasteiger partial charge in [-0.2, -0.15) is 0 Å². The summed E-state index contributed by atoms with van der Waals surface area (Å²) in [4.78, 5) is 11.5. The van der Waals surface area contributed by atoms with Crippen molar-refractivity contribution in [2.45, 2.75) is 19.8 Å². The predicted molar refractivity (Wildman–Crippen MR) is 59.5 cm³/mol. The summed E-state index contributed by atoms with van der Waals surface area (Å²) in [5.41, 5.74) is 6.89. The topological polar surface area (TPSA) is 55.1 Å². The number of hydrogen-bond acceptors (Lipinski definition) is 2. The van der Waals surface area contributed by atoms with Crippen molar-refractivity contribution in [1.82, 2.24) is 5.32 Å². The van der Waals surface area contributed by atoms with Crippen molar-refractivity contribution in [3.63, 3.8) is 0 Å². The molecule has 0 saturated heterocycles. The Balaban J connectivity index is 4.71. The van der Waals surface area contributed by atoms with E-state index in [1.807, 2.05) is 6.92 Å². The Morgan fingerprint density at radius 1 is 1.36 bits per heavy atom. The highest BCUT2D eigenvalue weighted by atomic mass is 16.1. The van der Waals surface area contributed by atoms with Crippen LogP contribution in [0.25, 0.3) is 0 Å². The molecule has 0 unspecified atom stereocenters. The third-order valence-corrected chi connectivity index (χ3v) is 1.71. The number of amides is 1. The van der Waals surface area contributed by atoms with Crippen molar-refractivity contribution in [3.8, 4) is 0 Å². The van der Waals surface area contributed by atoms with Gasteiger partial charge >= 0.3 is 0 Å². The largest absolute Gasteiger partial charge is 0.401 e. The molecular weight excluding hydrogens is 176 g/mol. The van der Waals surface area contributed by atoms with Crippen molar-refractivity contribution in [2.24, 2.45) is 5.73 Å². The quantitative estimate of drug-likeness (QED) is 0.497. The van der Waals surface area contributed by atoms with E-state index in [0.29, 0.717) is 30.7 Å². The summed E-state index contributed by atoms with van der Waals surface area (Å²) >= 11 is 0. The monoisotopic (exact) mass is 194 g/mol. The van der Waals surface area contributed by atoms with E-state index in [9.17, 15) is 4.79 Å². The van der Waals surface area contributed by atoms with Gasteiger partial charge in [0.05, 0.1) is 0 Å². The summed E-state index contributed by atoms with van der Waals surface area (Å²) in [5.74, 6) is -0.119. The lowest BCUT2D eigenvalue weighted by molar-refractivity contribution is -0.117. The zero-order chi connectivity index (χ0) is 11.0. The Hall–Kier alpha value is -1.51. The first-order chi connectivity index (χ1) is 6.67. The molecule has 0 saturated carbocycles. The summed E-state index contributed by atoms with van der Waals surface area (Å²) in [5, 5.41) is 2.71. The second-order valence-electron chi connectivity index (χ2n) is 2.85. The number of likely N-dealkylation sites (N-methyl/N-ethyl adjacent to an activating group) is 1. The third-order valence-electron chi connectivity index (χ3n) is 1.71. The van der Waals surface area contributed by atoms with E-state index in [4.69, 9.17) is 5.73 Å². The molecule has 78 valence electrons. The summed E-state index contributed by atoms with van der Waals surface area (Å²) < 4.78 is 0. The number of allylic oxidation sites excluding steroid dienone is 2. The minimum Gasteiger partial charge on any atom is -0.401 e. The maximum atomic E-state index is 11.5. The van der Waals surface area contributed by atoms with Gasteiger partial charge in [-0.3, -0.25) is 4.79 Å². The molecule has 0 aromatic carbocycles. The van der Waals surface area contributed by atoms with Crippen LogP contribution >= 0.6 is 0 Å². The fourth-order valence-corrected chi connectivity index (χ4v) is 1.06. The molecule has 0 bridgehead atoms. The van der Waals surface area contributed by atoms with Gasteiger partial charge < -0.3 is 11.1 Å². The number of carbonyl (C=O) groups is 1. The average molecular weight is 194 g/mol. The molecule has 0 atom stereocenters. The lowest BCUT2D eigenvalue weighted by Crippen LogP contribution is -2.26. The minimum absolute atomic E-state index is 0.119. The average Bonchev–Trinajstić information content (AvgIpc) is 2.14. The van der Waals surface area contributed by atoms with E-state index in [2.05, 4.69) is 18.5 Å². The first-order valence-corrected chi connectivity index (χ1v) is 4.64. The van der Waals surface area contributed by atoms with Gasteiger partial charge in [0, 0.05) is 24.2 Å². The van der Waals surface area contributed by atoms with E-state index in [-0.39, 0.29) is 5.91 Å². The molecule has 0 aliphatic carbocycles. The lowest BCUT2D eigenvalue weighted by Gasteiger charge is -2.08. The van der Waals surface area contributed by atoms with Crippen LogP contribution in [-0.4, -0.2) is 12.5 Å². The van der Waals surface area contributed by atoms with Crippen molar-refractivity contribution in [2.75, 3.05) is 6.54 Å². The molecule has 3 N–H and O–H groups in total. The molecule has 1 amide bonds. The van der Waals surface area contributed by atoms with Gasteiger partial charge in [0.2, 0.25) is 5.91 Å². The molecule has 0 radical (unpaired) electrons. The van der Waals surface area contributed by atoms with Gasteiger partial charge in [-0.1, -0.05) is 12.2 Å². The van der Waals surface area contributed by atoms with Crippen LogP contribution in [-0.2, 0) is 4.79 Å². The van der Waals surface area contributed by atoms with Crippen LogP contribution in [0, 0.1) is 0 Å². The molecule has 3 nitrogen and oxygen atoms in total. The molecule has 3 heteroatoms. The van der Waals surface area contributed by atoms with E-state index < -0.39 is 0 Å². The number of rotatable bonds is 6. The summed E-state index contributed by atoms with van der Waals surface area (Å²) in [6.07, 6.45) is 4.37. The van der Waals surface area contributed by atoms with Crippen molar-refractivity contribution in [1.29, 1.82) is 0 Å². The van der Waals surface area contributed by atoms with Crippen molar-refractivity contribution in [3.05, 3.63) is 36.6 Å². The molecule has 0 fully saturated rings. The lowest BCUT2D eigenvalue weighted by atomic mass is 10.1. The highest BCUT2D eigenvalue weighted by molar-refractivity contribution is 5.94. The van der Waals surface area contributed by atoms with Crippen LogP contribution in [0.5, 0.6) is 0 Å². The van der Waals surface area contributed by atoms with Crippen LogP contribution in [0.1, 0.15) is 19.8 Å². The van der Waals surface area contributed by atoms with Crippen LogP contribution in [0.15, 0.2) is 36.6 Å². The fraction of sp³-hybridized carbons (Fsp3) is 0.364. The normalized spacial score (nSPS) is 11.5. The van der Waals surface area contributed by atoms with Gasteiger partial charge in [0.1, 0.15) is 0 Å². The van der Waals surface area contributed by atoms with E-state index in [1.165, 1.54) is 0 Å². The van der Waals surface area contributed by atoms with Crippen molar-refractivity contribution >= 4 is 5.91 Å². The highest BCUT2D eigenvalue weighted by Gasteiger charge is 2.09. The predicted octanol–water partition coefficient (Wildman–Crippen LogP) is 1.49. The van der Waals surface area contributed by atoms with Crippen molar-refractivity contribution < 1.29 is 4.79 Å². The van der Waals surface area contributed by atoms with E-state index >= 15 is 0 Å². The van der Waals surface area contributed by atoms with Crippen LogP contribution in [0.4, 0.5) is 0 Å². The van der Waals surface area contributed by atoms with E-state index in [1.54, 1.807) is 12.2 Å². The number of carbonyl (C=O) groups excluding carboxylic acids is 1. The molecular formula is C11H18N2O. The smallest absolute Gasteiger partial charge is 0.249 e. The zero-order valence-corrected chi connectivity index (χ0v) is 8.68. The SMILES string of the molecule is C=CC/C(N)=C(\CC=C)C(=O)NCC. The van der Waals surface area contributed by atoms with Crippen LogP contribution < -0.4 is 11.1 Å². The second kappa shape index (κ2) is 6.95. The number of hydrogen-bond donors (Lipinski definition) is 2. The Bertz CT molecular complexity index is 254. The summed E-state index contributed by atoms with van der Waals surface area (Å²) in [6.45, 7) is 9.63. The third kappa shape index (κ3) is 3.94. The standard InChI is InChI=1S/C11H18N2O/c1-4-7-9(10(12)8-5-2)11(14)13-6-3/h4-5H,1-2,6-8,12H2,3H3,(H,13,14)/b10-9-.